The Labute approximate surface area is 144 Å². The Balaban J connectivity index is 1.61. The topological polar surface area (TPSA) is 57.7 Å². The molecule has 0 bridgehead atoms. The highest BCUT2D eigenvalue weighted by molar-refractivity contribution is 7.91. The number of amides is 1. The van der Waals surface area contributed by atoms with Crippen LogP contribution in [0.3, 0.4) is 0 Å². The van der Waals surface area contributed by atoms with Gasteiger partial charge in [0.05, 0.1) is 11.5 Å². The van der Waals surface area contributed by atoms with Gasteiger partial charge >= 0.3 is 0 Å². The summed E-state index contributed by atoms with van der Waals surface area (Å²) in [6.07, 6.45) is 3.16. The molecule has 1 atom stereocenters. The molecule has 0 spiro atoms. The number of fused-ring (bicyclic) bond motifs is 1. The summed E-state index contributed by atoms with van der Waals surface area (Å²) in [4.78, 5) is 16.8. The zero-order chi connectivity index (χ0) is 17.2. The lowest BCUT2D eigenvalue weighted by atomic mass is 10.0. The van der Waals surface area contributed by atoms with E-state index in [2.05, 4.69) is 11.0 Å². The van der Waals surface area contributed by atoms with Crippen LogP contribution in [0.4, 0.5) is 5.69 Å². The molecular weight excluding hydrogens is 324 g/mol. The highest BCUT2D eigenvalue weighted by Crippen LogP contribution is 2.27. The maximum atomic E-state index is 12.7. The first-order chi connectivity index (χ1) is 11.5. The number of carbonyl (C=O) groups excluding carboxylic acids is 1. The zero-order valence-electron chi connectivity index (χ0n) is 14.3. The van der Waals surface area contributed by atoms with E-state index in [0.717, 1.165) is 31.6 Å². The molecular formula is C18H26N2O3S. The van der Waals surface area contributed by atoms with Gasteiger partial charge in [-0.25, -0.2) is 8.42 Å². The van der Waals surface area contributed by atoms with Gasteiger partial charge in [0, 0.05) is 31.2 Å². The van der Waals surface area contributed by atoms with E-state index in [1.807, 2.05) is 30.0 Å². The smallest absolute Gasteiger partial charge is 0.228 e. The molecule has 0 aliphatic carbocycles. The van der Waals surface area contributed by atoms with Crippen LogP contribution in [0.2, 0.25) is 0 Å². The minimum Gasteiger partial charge on any atom is -0.312 e. The van der Waals surface area contributed by atoms with E-state index < -0.39 is 9.84 Å². The van der Waals surface area contributed by atoms with Gasteiger partial charge in [0.1, 0.15) is 0 Å². The first kappa shape index (κ1) is 17.4. The van der Waals surface area contributed by atoms with Gasteiger partial charge in [-0.15, -0.1) is 0 Å². The predicted octanol–water partition coefficient (Wildman–Crippen LogP) is 1.86. The normalized spacial score (nSPS) is 22.6. The van der Waals surface area contributed by atoms with E-state index in [0.29, 0.717) is 19.4 Å². The molecule has 0 saturated carbocycles. The molecule has 1 unspecified atom stereocenters. The summed E-state index contributed by atoms with van der Waals surface area (Å²) >= 11 is 0. The Kier molecular flexibility index (Phi) is 5.25. The molecule has 2 heterocycles. The van der Waals surface area contributed by atoms with Crippen molar-refractivity contribution >= 4 is 21.4 Å². The number of carbonyl (C=O) groups is 1. The van der Waals surface area contributed by atoms with Crippen LogP contribution >= 0.6 is 0 Å². The van der Waals surface area contributed by atoms with Crippen molar-refractivity contribution in [3.8, 4) is 0 Å². The highest BCUT2D eigenvalue weighted by Gasteiger charge is 2.32. The Morgan fingerprint density at radius 1 is 1.33 bits per heavy atom. The Bertz CT molecular complexity index is 702. The molecule has 0 aromatic heterocycles. The molecule has 0 radical (unpaired) electrons. The van der Waals surface area contributed by atoms with Crippen LogP contribution in [-0.4, -0.2) is 56.4 Å². The molecule has 2 aliphatic rings. The second-order valence-electron chi connectivity index (χ2n) is 6.71. The summed E-state index contributed by atoms with van der Waals surface area (Å²) in [6.45, 7) is 4.23. The molecule has 1 amide bonds. The van der Waals surface area contributed by atoms with E-state index in [1.165, 1.54) is 5.56 Å². The van der Waals surface area contributed by atoms with Crippen molar-refractivity contribution in [2.24, 2.45) is 0 Å². The number of hydrogen-bond donors (Lipinski definition) is 0. The van der Waals surface area contributed by atoms with E-state index in [4.69, 9.17) is 0 Å². The van der Waals surface area contributed by atoms with Crippen LogP contribution in [0.5, 0.6) is 0 Å². The monoisotopic (exact) mass is 350 g/mol. The van der Waals surface area contributed by atoms with Crippen molar-refractivity contribution in [3.05, 3.63) is 29.8 Å². The molecule has 24 heavy (non-hydrogen) atoms. The van der Waals surface area contributed by atoms with Crippen molar-refractivity contribution in [1.29, 1.82) is 0 Å². The number of sulfone groups is 1. The third-order valence-electron chi connectivity index (χ3n) is 5.16. The van der Waals surface area contributed by atoms with E-state index in [-0.39, 0.29) is 23.5 Å². The number of para-hydroxylation sites is 1. The third kappa shape index (κ3) is 3.81. The molecule has 1 aromatic carbocycles. The van der Waals surface area contributed by atoms with Crippen molar-refractivity contribution in [1.82, 2.24) is 4.90 Å². The minimum absolute atomic E-state index is 0.0708. The summed E-state index contributed by atoms with van der Waals surface area (Å²) in [5, 5.41) is 0. The fourth-order valence-corrected chi connectivity index (χ4v) is 5.59. The van der Waals surface area contributed by atoms with Gasteiger partial charge in [0.15, 0.2) is 9.84 Å². The Morgan fingerprint density at radius 2 is 2.12 bits per heavy atom. The average Bonchev–Trinajstić information content (AvgIpc) is 2.94. The Morgan fingerprint density at radius 3 is 2.83 bits per heavy atom. The van der Waals surface area contributed by atoms with E-state index in [1.54, 1.807) is 0 Å². The maximum Gasteiger partial charge on any atom is 0.228 e. The molecule has 6 heteroatoms. The number of aryl methyl sites for hydroxylation is 1. The van der Waals surface area contributed by atoms with Gasteiger partial charge in [0.25, 0.3) is 0 Å². The van der Waals surface area contributed by atoms with Gasteiger partial charge in [-0.05, 0) is 37.4 Å². The summed E-state index contributed by atoms with van der Waals surface area (Å²) < 4.78 is 23.4. The minimum atomic E-state index is -2.89. The first-order valence-corrected chi connectivity index (χ1v) is 10.6. The summed E-state index contributed by atoms with van der Waals surface area (Å²) in [7, 11) is -2.89. The average molecular weight is 350 g/mol. The van der Waals surface area contributed by atoms with Gasteiger partial charge in [-0.2, -0.15) is 0 Å². The lowest BCUT2D eigenvalue weighted by Gasteiger charge is -2.31. The lowest BCUT2D eigenvalue weighted by molar-refractivity contribution is -0.119. The first-order valence-electron chi connectivity index (χ1n) is 8.83. The number of rotatable bonds is 5. The van der Waals surface area contributed by atoms with Gasteiger partial charge in [-0.3, -0.25) is 9.69 Å². The van der Waals surface area contributed by atoms with Crippen LogP contribution < -0.4 is 4.90 Å². The predicted molar refractivity (Wildman–Crippen MR) is 96.0 cm³/mol. The zero-order valence-corrected chi connectivity index (χ0v) is 15.1. The van der Waals surface area contributed by atoms with Crippen LogP contribution in [0.1, 0.15) is 31.7 Å². The Hall–Kier alpha value is -1.40. The van der Waals surface area contributed by atoms with E-state index in [9.17, 15) is 13.2 Å². The van der Waals surface area contributed by atoms with Gasteiger partial charge in [0.2, 0.25) is 5.91 Å². The van der Waals surface area contributed by atoms with Crippen molar-refractivity contribution in [2.75, 3.05) is 36.0 Å². The SMILES string of the molecule is CCN(CCC(=O)N1CCCc2ccccc21)C1CCS(=O)(=O)C1. The summed E-state index contributed by atoms with van der Waals surface area (Å²) in [6, 6.07) is 8.18. The summed E-state index contributed by atoms with van der Waals surface area (Å²) in [5.74, 6) is 0.657. The van der Waals surface area contributed by atoms with Crippen LogP contribution in [0.25, 0.3) is 0 Å². The highest BCUT2D eigenvalue weighted by atomic mass is 32.2. The molecule has 0 N–H and O–H groups in total. The second-order valence-corrected chi connectivity index (χ2v) is 8.94. The standard InChI is InChI=1S/C18H26N2O3S/c1-2-19(16-10-13-24(22,23)14-16)12-9-18(21)20-11-5-7-15-6-3-4-8-17(15)20/h3-4,6,8,16H,2,5,7,9-14H2,1H3. The third-order valence-corrected chi connectivity index (χ3v) is 6.91. The lowest BCUT2D eigenvalue weighted by Crippen LogP contribution is -2.41. The largest absolute Gasteiger partial charge is 0.312 e. The molecule has 1 saturated heterocycles. The van der Waals surface area contributed by atoms with Crippen molar-refractivity contribution in [3.63, 3.8) is 0 Å². The fraction of sp³-hybridized carbons (Fsp3) is 0.611. The quantitative estimate of drug-likeness (QED) is 0.813. The van der Waals surface area contributed by atoms with Gasteiger partial charge < -0.3 is 4.90 Å². The van der Waals surface area contributed by atoms with Crippen LogP contribution in [0.15, 0.2) is 24.3 Å². The second kappa shape index (κ2) is 7.23. The van der Waals surface area contributed by atoms with Crippen molar-refractivity contribution in [2.45, 2.75) is 38.6 Å². The van der Waals surface area contributed by atoms with E-state index >= 15 is 0 Å². The molecule has 1 fully saturated rings. The maximum absolute atomic E-state index is 12.7. The number of benzene rings is 1. The van der Waals surface area contributed by atoms with Crippen molar-refractivity contribution < 1.29 is 13.2 Å². The molecule has 5 nitrogen and oxygen atoms in total. The number of anilines is 1. The number of hydrogen-bond acceptors (Lipinski definition) is 4. The molecule has 1 aromatic rings. The van der Waals surface area contributed by atoms with Crippen LogP contribution in [-0.2, 0) is 21.1 Å². The van der Waals surface area contributed by atoms with Crippen LogP contribution in [0, 0.1) is 0 Å². The summed E-state index contributed by atoms with van der Waals surface area (Å²) in [5.41, 5.74) is 2.28. The fourth-order valence-electron chi connectivity index (χ4n) is 3.83. The molecule has 132 valence electrons. The molecule has 2 aliphatic heterocycles. The molecule has 3 rings (SSSR count). The van der Waals surface area contributed by atoms with Gasteiger partial charge in [-0.1, -0.05) is 25.1 Å². The number of nitrogens with zero attached hydrogens (tertiary/aromatic N) is 2.